The molecule has 9 heteroatoms. The number of nitrogens with two attached hydrogens (primary N) is 1. The number of anilines is 3. The molecule has 3 N–H and O–H groups in total. The molecule has 134 valence electrons. The van der Waals surface area contributed by atoms with E-state index in [0.717, 1.165) is 11.6 Å². The number of benzene rings is 1. The van der Waals surface area contributed by atoms with E-state index < -0.39 is 5.82 Å². The molecular formula is C17H16FN5O3. The second-order valence-electron chi connectivity index (χ2n) is 5.82. The summed E-state index contributed by atoms with van der Waals surface area (Å²) in [5.41, 5.74) is 6.69. The highest BCUT2D eigenvalue weighted by molar-refractivity contribution is 5.96. The maximum Gasteiger partial charge on any atom is 0.289 e. The van der Waals surface area contributed by atoms with Crippen LogP contribution in [0.15, 0.2) is 34.9 Å². The number of carbonyl (C=O) groups excluding carboxylic acids is 1. The van der Waals surface area contributed by atoms with Gasteiger partial charge >= 0.3 is 0 Å². The number of furan rings is 1. The van der Waals surface area contributed by atoms with Crippen molar-refractivity contribution in [1.29, 1.82) is 0 Å². The fraction of sp³-hybridized carbons (Fsp3) is 0.235. The summed E-state index contributed by atoms with van der Waals surface area (Å²) in [6, 6.07) is 6.97. The van der Waals surface area contributed by atoms with Crippen LogP contribution in [0.4, 0.5) is 21.8 Å². The lowest BCUT2D eigenvalue weighted by Crippen LogP contribution is -2.40. The van der Waals surface area contributed by atoms with Gasteiger partial charge < -0.3 is 25.1 Å². The zero-order valence-corrected chi connectivity index (χ0v) is 13.7. The molecule has 1 aromatic carbocycles. The first kappa shape index (κ1) is 16.3. The molecule has 1 aliphatic rings. The summed E-state index contributed by atoms with van der Waals surface area (Å²) in [4.78, 5) is 21.9. The topological polar surface area (TPSA) is 107 Å². The third-order valence-electron chi connectivity index (χ3n) is 4.05. The number of nitrogens with one attached hydrogen (secondary N) is 1. The summed E-state index contributed by atoms with van der Waals surface area (Å²) in [5, 5.41) is 3.70. The second kappa shape index (κ2) is 6.60. The second-order valence-corrected chi connectivity index (χ2v) is 5.82. The van der Waals surface area contributed by atoms with Crippen LogP contribution in [0.3, 0.4) is 0 Å². The molecule has 0 saturated carbocycles. The zero-order chi connectivity index (χ0) is 18.1. The van der Waals surface area contributed by atoms with E-state index in [4.69, 9.17) is 14.9 Å². The molecular weight excluding hydrogens is 341 g/mol. The van der Waals surface area contributed by atoms with E-state index in [9.17, 15) is 9.18 Å². The van der Waals surface area contributed by atoms with Crippen molar-refractivity contribution in [2.75, 3.05) is 37.4 Å². The number of ether oxygens (including phenoxy) is 1. The van der Waals surface area contributed by atoms with Gasteiger partial charge in [0.2, 0.25) is 5.95 Å². The molecule has 0 atom stereocenters. The van der Waals surface area contributed by atoms with Gasteiger partial charge in [-0.15, -0.1) is 0 Å². The fourth-order valence-corrected chi connectivity index (χ4v) is 2.72. The number of nitrogen functional groups attached to an aromatic ring is 1. The number of rotatable bonds is 3. The van der Waals surface area contributed by atoms with E-state index in [1.807, 2.05) is 0 Å². The van der Waals surface area contributed by atoms with Gasteiger partial charge in [-0.2, -0.15) is 4.98 Å². The van der Waals surface area contributed by atoms with Gasteiger partial charge in [0.15, 0.2) is 17.4 Å². The van der Waals surface area contributed by atoms with Gasteiger partial charge in [-0.1, -0.05) is 0 Å². The number of amides is 1. The Labute approximate surface area is 147 Å². The van der Waals surface area contributed by atoms with Crippen LogP contribution >= 0.6 is 0 Å². The van der Waals surface area contributed by atoms with Crippen LogP contribution in [0.1, 0.15) is 10.6 Å². The smallest absolute Gasteiger partial charge is 0.289 e. The number of hydrogen-bond donors (Lipinski definition) is 2. The molecule has 1 fully saturated rings. The largest absolute Gasteiger partial charge is 0.451 e. The molecule has 0 aliphatic carbocycles. The summed E-state index contributed by atoms with van der Waals surface area (Å²) >= 11 is 0. The molecule has 26 heavy (non-hydrogen) atoms. The average molecular weight is 357 g/mol. The van der Waals surface area contributed by atoms with Crippen LogP contribution in [0.5, 0.6) is 0 Å². The van der Waals surface area contributed by atoms with Gasteiger partial charge in [-0.05, 0) is 24.3 Å². The highest BCUT2D eigenvalue weighted by Crippen LogP contribution is 2.25. The van der Waals surface area contributed by atoms with Gasteiger partial charge in [0, 0.05) is 24.2 Å². The first-order chi connectivity index (χ1) is 12.6. The number of nitrogens with zero attached hydrogens (tertiary/aromatic N) is 3. The minimum absolute atomic E-state index is 0.159. The van der Waals surface area contributed by atoms with Crippen molar-refractivity contribution in [3.63, 3.8) is 0 Å². The highest BCUT2D eigenvalue weighted by Gasteiger charge is 2.22. The quantitative estimate of drug-likeness (QED) is 0.740. The Balaban J connectivity index is 1.57. The molecule has 2 aromatic heterocycles. The lowest BCUT2D eigenvalue weighted by atomic mass is 10.2. The number of morpholine rings is 1. The van der Waals surface area contributed by atoms with Gasteiger partial charge in [-0.3, -0.25) is 4.79 Å². The molecule has 0 spiro atoms. The third kappa shape index (κ3) is 3.16. The summed E-state index contributed by atoms with van der Waals surface area (Å²) in [6.07, 6.45) is 1.00. The predicted octanol–water partition coefficient (Wildman–Crippen LogP) is 2.16. The van der Waals surface area contributed by atoms with Crippen LogP contribution in [0.2, 0.25) is 0 Å². The summed E-state index contributed by atoms with van der Waals surface area (Å²) < 4.78 is 24.1. The number of hydrogen-bond acceptors (Lipinski definition) is 7. The third-order valence-corrected chi connectivity index (χ3v) is 4.05. The summed E-state index contributed by atoms with van der Waals surface area (Å²) in [5.74, 6) is -0.608. The van der Waals surface area contributed by atoms with Crippen molar-refractivity contribution in [3.05, 3.63) is 42.0 Å². The van der Waals surface area contributed by atoms with E-state index in [1.165, 1.54) is 0 Å². The summed E-state index contributed by atoms with van der Waals surface area (Å²) in [7, 11) is 0. The minimum atomic E-state index is -0.674. The Morgan fingerprint density at radius 2 is 2.08 bits per heavy atom. The number of halogens is 1. The molecule has 4 rings (SSSR count). The van der Waals surface area contributed by atoms with Gasteiger partial charge in [0.1, 0.15) is 5.58 Å². The van der Waals surface area contributed by atoms with Crippen molar-refractivity contribution in [1.82, 2.24) is 14.9 Å². The summed E-state index contributed by atoms with van der Waals surface area (Å²) in [6.45, 7) is 2.15. The van der Waals surface area contributed by atoms with Crippen LogP contribution in [0, 0.1) is 5.82 Å². The Kier molecular flexibility index (Phi) is 4.13. The van der Waals surface area contributed by atoms with Crippen LogP contribution in [-0.2, 0) is 4.74 Å². The van der Waals surface area contributed by atoms with Crippen molar-refractivity contribution in [3.8, 4) is 0 Å². The Morgan fingerprint density at radius 3 is 2.85 bits per heavy atom. The van der Waals surface area contributed by atoms with Crippen LogP contribution in [0.25, 0.3) is 11.0 Å². The van der Waals surface area contributed by atoms with E-state index in [0.29, 0.717) is 37.6 Å². The predicted molar refractivity (Wildman–Crippen MR) is 92.6 cm³/mol. The SMILES string of the molecule is Nc1nc(Nc2ccc3oc(C(=O)N4CCOCC4)cc3c2)ncc1F. The molecule has 1 aliphatic heterocycles. The van der Waals surface area contributed by atoms with Crippen LogP contribution in [-0.4, -0.2) is 47.1 Å². The molecule has 8 nitrogen and oxygen atoms in total. The molecule has 1 saturated heterocycles. The molecule has 0 radical (unpaired) electrons. The van der Waals surface area contributed by atoms with Crippen molar-refractivity contribution >= 4 is 34.3 Å². The standard InChI is InChI=1S/C17H16FN5O3/c18-12-9-20-17(22-15(12)19)21-11-1-2-13-10(7-11)8-14(26-13)16(24)23-3-5-25-6-4-23/h1-2,7-9H,3-6H2,(H3,19,20,21,22). The number of aromatic nitrogens is 2. The van der Waals surface area contributed by atoms with E-state index in [1.54, 1.807) is 29.2 Å². The van der Waals surface area contributed by atoms with E-state index in [2.05, 4.69) is 15.3 Å². The fourth-order valence-electron chi connectivity index (χ4n) is 2.72. The van der Waals surface area contributed by atoms with E-state index >= 15 is 0 Å². The maximum absolute atomic E-state index is 13.1. The molecule has 3 heterocycles. The Morgan fingerprint density at radius 1 is 1.27 bits per heavy atom. The van der Waals surface area contributed by atoms with Gasteiger partial charge in [-0.25, -0.2) is 9.37 Å². The highest BCUT2D eigenvalue weighted by atomic mass is 19.1. The molecule has 3 aromatic rings. The monoisotopic (exact) mass is 357 g/mol. The average Bonchev–Trinajstić information content (AvgIpc) is 3.08. The van der Waals surface area contributed by atoms with E-state index in [-0.39, 0.29) is 23.4 Å². The first-order valence-electron chi connectivity index (χ1n) is 8.06. The molecule has 0 bridgehead atoms. The Bertz CT molecular complexity index is 968. The minimum Gasteiger partial charge on any atom is -0.451 e. The lowest BCUT2D eigenvalue weighted by molar-refractivity contribution is 0.0284. The normalized spacial score (nSPS) is 14.6. The maximum atomic E-state index is 13.1. The number of fused-ring (bicyclic) bond motifs is 1. The van der Waals surface area contributed by atoms with Crippen molar-refractivity contribution in [2.45, 2.75) is 0 Å². The first-order valence-corrected chi connectivity index (χ1v) is 8.06. The number of carbonyl (C=O) groups is 1. The lowest BCUT2D eigenvalue weighted by Gasteiger charge is -2.25. The van der Waals surface area contributed by atoms with Gasteiger partial charge in [0.25, 0.3) is 5.91 Å². The van der Waals surface area contributed by atoms with Crippen molar-refractivity contribution < 1.29 is 18.3 Å². The van der Waals surface area contributed by atoms with Crippen LogP contribution < -0.4 is 11.1 Å². The zero-order valence-electron chi connectivity index (χ0n) is 13.7. The Hall–Kier alpha value is -3.20. The van der Waals surface area contributed by atoms with Crippen molar-refractivity contribution in [2.24, 2.45) is 0 Å². The van der Waals surface area contributed by atoms with Gasteiger partial charge in [0.05, 0.1) is 19.4 Å². The molecule has 0 unspecified atom stereocenters. The molecule has 1 amide bonds.